The van der Waals surface area contributed by atoms with Gasteiger partial charge in [-0.15, -0.1) is 0 Å². The number of rotatable bonds is 7. The molecule has 3 atom stereocenters. The van der Waals surface area contributed by atoms with E-state index in [2.05, 4.69) is 9.62 Å². The third-order valence-electron chi connectivity index (χ3n) is 4.03. The van der Waals surface area contributed by atoms with Crippen molar-refractivity contribution in [3.05, 3.63) is 30.1 Å². The van der Waals surface area contributed by atoms with E-state index in [9.17, 15) is 17.9 Å². The van der Waals surface area contributed by atoms with E-state index in [1.165, 1.54) is 18.2 Å². The Bertz CT molecular complexity index is 622. The Kier molecular flexibility index (Phi) is 6.10. The van der Waals surface area contributed by atoms with Gasteiger partial charge in [-0.3, -0.25) is 0 Å². The van der Waals surface area contributed by atoms with Gasteiger partial charge in [-0.1, -0.05) is 19.9 Å². The molecule has 1 fully saturated rings. The monoisotopic (exact) mass is 346 g/mol. The normalized spacial score (nSPS) is 25.2. The molecule has 1 aromatic carbocycles. The predicted octanol–water partition coefficient (Wildman–Crippen LogP) is 0.574. The first-order valence-electron chi connectivity index (χ1n) is 7.67. The minimum absolute atomic E-state index is 0.0850. The van der Waals surface area contributed by atoms with E-state index in [1.54, 1.807) is 0 Å². The van der Waals surface area contributed by atoms with Crippen LogP contribution in [0.3, 0.4) is 0 Å². The quantitative estimate of drug-likeness (QED) is 0.755. The molecule has 2 rings (SSSR count). The van der Waals surface area contributed by atoms with Crippen molar-refractivity contribution < 1.29 is 22.7 Å². The lowest BCUT2D eigenvalue weighted by atomic mass is 10.1. The van der Waals surface area contributed by atoms with E-state index in [-0.39, 0.29) is 11.5 Å². The highest BCUT2D eigenvalue weighted by atomic mass is 32.2. The third kappa shape index (κ3) is 4.48. The fourth-order valence-electron chi connectivity index (χ4n) is 2.59. The molecule has 8 heteroatoms. The minimum Gasteiger partial charge on any atom is -0.389 e. The maximum atomic E-state index is 13.2. The van der Waals surface area contributed by atoms with Gasteiger partial charge in [-0.25, -0.2) is 17.5 Å². The Labute approximate surface area is 136 Å². The smallest absolute Gasteiger partial charge is 0.241 e. The van der Waals surface area contributed by atoms with Gasteiger partial charge in [0.15, 0.2) is 0 Å². The van der Waals surface area contributed by atoms with Gasteiger partial charge in [-0.05, 0) is 31.3 Å². The van der Waals surface area contributed by atoms with Crippen molar-refractivity contribution in [3.63, 3.8) is 0 Å². The second-order valence-corrected chi connectivity index (χ2v) is 7.25. The van der Waals surface area contributed by atoms with Gasteiger partial charge < -0.3 is 14.7 Å². The summed E-state index contributed by atoms with van der Waals surface area (Å²) in [4.78, 5) is 1.93. The average Bonchev–Trinajstić information content (AvgIpc) is 2.85. The number of aliphatic hydroxyl groups is 1. The van der Waals surface area contributed by atoms with Crippen LogP contribution in [0.1, 0.15) is 13.8 Å². The minimum atomic E-state index is -3.91. The molecule has 23 heavy (non-hydrogen) atoms. The summed E-state index contributed by atoms with van der Waals surface area (Å²) < 4.78 is 45.7. The number of nitrogens with zero attached hydrogens (tertiary/aromatic N) is 1. The number of hydrogen-bond acceptors (Lipinski definition) is 5. The van der Waals surface area contributed by atoms with Crippen LogP contribution in [0.25, 0.3) is 0 Å². The molecule has 1 aliphatic heterocycles. The zero-order valence-electron chi connectivity index (χ0n) is 13.3. The Balaban J connectivity index is 2.03. The summed E-state index contributed by atoms with van der Waals surface area (Å²) in [5.74, 6) is -0.629. The molecule has 0 radical (unpaired) electrons. The van der Waals surface area contributed by atoms with Gasteiger partial charge in [0.1, 0.15) is 5.82 Å². The topological polar surface area (TPSA) is 78.9 Å². The molecule has 0 saturated carbocycles. The van der Waals surface area contributed by atoms with E-state index in [1.807, 2.05) is 13.8 Å². The van der Waals surface area contributed by atoms with E-state index < -0.39 is 34.1 Å². The number of aliphatic hydroxyl groups excluding tert-OH is 1. The van der Waals surface area contributed by atoms with Crippen LogP contribution in [0.5, 0.6) is 0 Å². The van der Waals surface area contributed by atoms with Crippen LogP contribution in [0.2, 0.25) is 0 Å². The number of ether oxygens (including phenoxy) is 1. The van der Waals surface area contributed by atoms with Crippen LogP contribution in [-0.4, -0.2) is 62.9 Å². The molecule has 0 aromatic heterocycles. The van der Waals surface area contributed by atoms with Gasteiger partial charge in [0.25, 0.3) is 0 Å². The lowest BCUT2D eigenvalue weighted by Crippen LogP contribution is -2.46. The van der Waals surface area contributed by atoms with Crippen molar-refractivity contribution in [3.8, 4) is 0 Å². The maximum absolute atomic E-state index is 13.2. The highest BCUT2D eigenvalue weighted by molar-refractivity contribution is 7.89. The summed E-state index contributed by atoms with van der Waals surface area (Å²) in [6.07, 6.45) is -1.39. The largest absolute Gasteiger partial charge is 0.389 e. The first-order chi connectivity index (χ1) is 10.9. The second-order valence-electron chi connectivity index (χ2n) is 5.53. The fraction of sp³-hybridized carbons (Fsp3) is 0.600. The average molecular weight is 346 g/mol. The first kappa shape index (κ1) is 18.3. The molecule has 2 N–H and O–H groups in total. The molecule has 1 aliphatic rings. The van der Waals surface area contributed by atoms with Crippen molar-refractivity contribution >= 4 is 10.0 Å². The summed E-state index contributed by atoms with van der Waals surface area (Å²) in [5.41, 5.74) is 0. The predicted molar refractivity (Wildman–Crippen MR) is 84.0 cm³/mol. The van der Waals surface area contributed by atoms with E-state index in [0.717, 1.165) is 19.2 Å². The molecular weight excluding hydrogens is 323 g/mol. The highest BCUT2D eigenvalue weighted by Gasteiger charge is 2.38. The third-order valence-corrected chi connectivity index (χ3v) is 5.52. The molecule has 0 bridgehead atoms. The molecule has 0 spiro atoms. The summed E-state index contributed by atoms with van der Waals surface area (Å²) in [7, 11) is -3.91. The fourth-order valence-corrected chi connectivity index (χ4v) is 3.85. The van der Waals surface area contributed by atoms with E-state index in [0.29, 0.717) is 6.54 Å². The first-order valence-corrected chi connectivity index (χ1v) is 9.15. The van der Waals surface area contributed by atoms with Gasteiger partial charge in [0, 0.05) is 6.54 Å². The van der Waals surface area contributed by atoms with Gasteiger partial charge >= 0.3 is 0 Å². The molecule has 1 aromatic rings. The molecule has 6 nitrogen and oxygen atoms in total. The maximum Gasteiger partial charge on any atom is 0.241 e. The number of nitrogens with one attached hydrogen (secondary N) is 1. The van der Waals surface area contributed by atoms with Gasteiger partial charge in [0.05, 0.1) is 29.8 Å². The standard InChI is InChI=1S/C15H23FN2O4S/c1-3-18(4-2)9-14-15(19)13(10-22-14)17-23(20,21)12-7-5-6-11(16)8-12/h5-8,13-15,17,19H,3-4,9-10H2,1-2H3/t13-,14+,15-/m1/s1. The summed E-state index contributed by atoms with van der Waals surface area (Å²) in [6.45, 7) is 6.28. The number of halogens is 1. The van der Waals surface area contributed by atoms with Gasteiger partial charge in [-0.2, -0.15) is 0 Å². The highest BCUT2D eigenvalue weighted by Crippen LogP contribution is 2.19. The second kappa shape index (κ2) is 7.67. The summed E-state index contributed by atoms with van der Waals surface area (Å²) in [5, 5.41) is 10.3. The number of hydrogen-bond donors (Lipinski definition) is 2. The van der Waals surface area contributed by atoms with Crippen LogP contribution in [0.15, 0.2) is 29.2 Å². The lowest BCUT2D eigenvalue weighted by molar-refractivity contribution is 0.0175. The van der Waals surface area contributed by atoms with Gasteiger partial charge in [0.2, 0.25) is 10.0 Å². The van der Waals surface area contributed by atoms with Crippen molar-refractivity contribution in [2.24, 2.45) is 0 Å². The van der Waals surface area contributed by atoms with Crippen molar-refractivity contribution in [1.82, 2.24) is 9.62 Å². The molecule has 130 valence electrons. The van der Waals surface area contributed by atoms with E-state index in [4.69, 9.17) is 4.74 Å². The van der Waals surface area contributed by atoms with Crippen molar-refractivity contribution in [1.29, 1.82) is 0 Å². The van der Waals surface area contributed by atoms with Crippen molar-refractivity contribution in [2.75, 3.05) is 26.2 Å². The number of benzene rings is 1. The Morgan fingerprint density at radius 3 is 2.70 bits per heavy atom. The van der Waals surface area contributed by atoms with E-state index >= 15 is 0 Å². The van der Waals surface area contributed by atoms with Crippen LogP contribution < -0.4 is 4.72 Å². The zero-order valence-corrected chi connectivity index (χ0v) is 14.1. The van der Waals surface area contributed by atoms with Crippen LogP contribution in [0.4, 0.5) is 4.39 Å². The Morgan fingerprint density at radius 1 is 1.39 bits per heavy atom. The molecule has 0 aliphatic carbocycles. The molecule has 0 amide bonds. The molecule has 0 unspecified atom stereocenters. The molecular formula is C15H23FN2O4S. The Hall–Kier alpha value is -1.06. The van der Waals surface area contributed by atoms with Crippen LogP contribution in [0, 0.1) is 5.82 Å². The van der Waals surface area contributed by atoms with Crippen molar-refractivity contribution in [2.45, 2.75) is 37.0 Å². The van der Waals surface area contributed by atoms with Crippen LogP contribution >= 0.6 is 0 Å². The molecule has 1 heterocycles. The molecule has 1 saturated heterocycles. The number of sulfonamides is 1. The Morgan fingerprint density at radius 2 is 2.09 bits per heavy atom. The summed E-state index contributed by atoms with van der Waals surface area (Å²) in [6, 6.07) is 4.00. The summed E-state index contributed by atoms with van der Waals surface area (Å²) >= 11 is 0. The van der Waals surface area contributed by atoms with Crippen LogP contribution in [-0.2, 0) is 14.8 Å². The SMILES string of the molecule is CCN(CC)C[C@@H]1OC[C@@H](NS(=O)(=O)c2cccc(F)c2)[C@H]1O. The number of likely N-dealkylation sites (N-methyl/N-ethyl adjacent to an activating group) is 1. The zero-order chi connectivity index (χ0) is 17.0. The lowest BCUT2D eigenvalue weighted by Gasteiger charge is -2.24.